The molecule has 0 aliphatic rings. The first-order valence-electron chi connectivity index (χ1n) is 3.84. The van der Waals surface area contributed by atoms with E-state index in [9.17, 15) is 9.90 Å². The average molecular weight is 181 g/mol. The SMILES string of the molecule is N[C@H](C(=O)O)[C@@H](O)c1ccccc1. The molecule has 0 radical (unpaired) electrons. The molecular formula is C9H11NO3. The Kier molecular flexibility index (Phi) is 3.00. The van der Waals surface area contributed by atoms with E-state index in [1.54, 1.807) is 30.3 Å². The largest absolute Gasteiger partial charge is 0.480 e. The van der Waals surface area contributed by atoms with Crippen LogP contribution in [-0.2, 0) is 4.79 Å². The molecule has 70 valence electrons. The van der Waals surface area contributed by atoms with Gasteiger partial charge in [-0.2, -0.15) is 0 Å². The van der Waals surface area contributed by atoms with E-state index in [2.05, 4.69) is 0 Å². The Morgan fingerprint density at radius 1 is 1.31 bits per heavy atom. The Morgan fingerprint density at radius 2 is 1.85 bits per heavy atom. The maximum Gasteiger partial charge on any atom is 0.323 e. The molecule has 0 saturated heterocycles. The predicted molar refractivity (Wildman–Crippen MR) is 47.0 cm³/mol. The van der Waals surface area contributed by atoms with E-state index in [0.717, 1.165) is 0 Å². The third-order valence-electron chi connectivity index (χ3n) is 1.77. The van der Waals surface area contributed by atoms with Gasteiger partial charge in [0, 0.05) is 0 Å². The number of carboxylic acids is 1. The average Bonchev–Trinajstić information content (AvgIpc) is 2.17. The van der Waals surface area contributed by atoms with E-state index in [1.165, 1.54) is 0 Å². The summed E-state index contributed by atoms with van der Waals surface area (Å²) >= 11 is 0. The van der Waals surface area contributed by atoms with Crippen LogP contribution in [0, 0.1) is 0 Å². The van der Waals surface area contributed by atoms with Crippen molar-refractivity contribution in [3.63, 3.8) is 0 Å². The Bertz CT molecular complexity index is 286. The summed E-state index contributed by atoms with van der Waals surface area (Å²) in [5, 5.41) is 18.0. The Balaban J connectivity index is 2.79. The van der Waals surface area contributed by atoms with E-state index in [4.69, 9.17) is 10.8 Å². The maximum absolute atomic E-state index is 10.4. The fourth-order valence-electron chi connectivity index (χ4n) is 0.993. The van der Waals surface area contributed by atoms with Crippen LogP contribution in [0.3, 0.4) is 0 Å². The van der Waals surface area contributed by atoms with Crippen molar-refractivity contribution in [3.8, 4) is 0 Å². The van der Waals surface area contributed by atoms with Crippen LogP contribution in [0.5, 0.6) is 0 Å². The van der Waals surface area contributed by atoms with Crippen LogP contribution >= 0.6 is 0 Å². The predicted octanol–water partition coefficient (Wildman–Crippen LogP) is 0.132. The van der Waals surface area contributed by atoms with Crippen molar-refractivity contribution >= 4 is 5.97 Å². The monoisotopic (exact) mass is 181 g/mol. The molecule has 4 N–H and O–H groups in total. The van der Waals surface area contributed by atoms with Crippen LogP contribution in [0.15, 0.2) is 30.3 Å². The van der Waals surface area contributed by atoms with Crippen molar-refractivity contribution in [1.82, 2.24) is 0 Å². The van der Waals surface area contributed by atoms with Crippen molar-refractivity contribution in [1.29, 1.82) is 0 Å². The molecule has 0 heterocycles. The zero-order valence-electron chi connectivity index (χ0n) is 6.92. The number of aliphatic hydroxyl groups is 1. The Hall–Kier alpha value is -1.39. The molecule has 2 atom stereocenters. The van der Waals surface area contributed by atoms with Gasteiger partial charge in [-0.1, -0.05) is 30.3 Å². The number of hydrogen-bond donors (Lipinski definition) is 3. The van der Waals surface area contributed by atoms with Crippen LogP contribution in [0.1, 0.15) is 11.7 Å². The van der Waals surface area contributed by atoms with Gasteiger partial charge in [-0.3, -0.25) is 4.79 Å². The lowest BCUT2D eigenvalue weighted by Gasteiger charge is -2.14. The summed E-state index contributed by atoms with van der Waals surface area (Å²) < 4.78 is 0. The molecule has 0 amide bonds. The Labute approximate surface area is 75.6 Å². The van der Waals surface area contributed by atoms with Gasteiger partial charge in [0.15, 0.2) is 0 Å². The summed E-state index contributed by atoms with van der Waals surface area (Å²) in [5.41, 5.74) is 5.75. The highest BCUT2D eigenvalue weighted by Gasteiger charge is 2.22. The third kappa shape index (κ3) is 2.27. The topological polar surface area (TPSA) is 83.6 Å². The highest BCUT2D eigenvalue weighted by atomic mass is 16.4. The molecule has 13 heavy (non-hydrogen) atoms. The number of nitrogens with two attached hydrogens (primary N) is 1. The van der Waals surface area contributed by atoms with Gasteiger partial charge in [-0.05, 0) is 5.56 Å². The molecule has 0 bridgehead atoms. The molecule has 0 aliphatic heterocycles. The zero-order chi connectivity index (χ0) is 9.84. The highest BCUT2D eigenvalue weighted by Crippen LogP contribution is 2.14. The third-order valence-corrected chi connectivity index (χ3v) is 1.77. The molecular weight excluding hydrogens is 170 g/mol. The molecule has 0 unspecified atom stereocenters. The number of rotatable bonds is 3. The summed E-state index contributed by atoms with van der Waals surface area (Å²) in [5.74, 6) is -1.21. The van der Waals surface area contributed by atoms with Gasteiger partial charge in [-0.15, -0.1) is 0 Å². The molecule has 0 fully saturated rings. The van der Waals surface area contributed by atoms with E-state index in [0.29, 0.717) is 5.56 Å². The van der Waals surface area contributed by atoms with Crippen LogP contribution in [0.2, 0.25) is 0 Å². The summed E-state index contributed by atoms with van der Waals surface area (Å²) in [4.78, 5) is 10.4. The minimum absolute atomic E-state index is 0.511. The first-order chi connectivity index (χ1) is 6.13. The van der Waals surface area contributed by atoms with Gasteiger partial charge >= 0.3 is 5.97 Å². The molecule has 0 spiro atoms. The van der Waals surface area contributed by atoms with Crippen molar-refractivity contribution in [2.75, 3.05) is 0 Å². The van der Waals surface area contributed by atoms with Gasteiger partial charge in [0.05, 0.1) is 0 Å². The summed E-state index contributed by atoms with van der Waals surface area (Å²) in [6.45, 7) is 0. The molecule has 4 heteroatoms. The lowest BCUT2D eigenvalue weighted by molar-refractivity contribution is -0.141. The van der Waals surface area contributed by atoms with Gasteiger partial charge in [0.25, 0.3) is 0 Å². The second-order valence-electron chi connectivity index (χ2n) is 2.72. The molecule has 0 aromatic heterocycles. The number of carbonyl (C=O) groups is 1. The fraction of sp³-hybridized carbons (Fsp3) is 0.222. The smallest absolute Gasteiger partial charge is 0.323 e. The minimum atomic E-state index is -1.28. The van der Waals surface area contributed by atoms with Crippen LogP contribution in [-0.4, -0.2) is 22.2 Å². The van der Waals surface area contributed by atoms with Gasteiger partial charge in [0.2, 0.25) is 0 Å². The van der Waals surface area contributed by atoms with Gasteiger partial charge in [0.1, 0.15) is 12.1 Å². The van der Waals surface area contributed by atoms with E-state index < -0.39 is 18.1 Å². The Morgan fingerprint density at radius 3 is 2.31 bits per heavy atom. The number of hydrogen-bond acceptors (Lipinski definition) is 3. The van der Waals surface area contributed by atoms with Crippen molar-refractivity contribution in [3.05, 3.63) is 35.9 Å². The lowest BCUT2D eigenvalue weighted by Crippen LogP contribution is -2.36. The number of aliphatic hydroxyl groups excluding tert-OH is 1. The van der Waals surface area contributed by atoms with E-state index in [1.807, 2.05) is 0 Å². The van der Waals surface area contributed by atoms with Crippen molar-refractivity contribution in [2.45, 2.75) is 12.1 Å². The number of aliphatic carboxylic acids is 1. The molecule has 0 saturated carbocycles. The first kappa shape index (κ1) is 9.70. The summed E-state index contributed by atoms with van der Waals surface area (Å²) in [7, 11) is 0. The number of benzene rings is 1. The second-order valence-corrected chi connectivity index (χ2v) is 2.72. The maximum atomic E-state index is 10.4. The second kappa shape index (κ2) is 4.02. The fourth-order valence-corrected chi connectivity index (χ4v) is 0.993. The molecule has 0 aliphatic carbocycles. The first-order valence-corrected chi connectivity index (χ1v) is 3.84. The van der Waals surface area contributed by atoms with E-state index in [-0.39, 0.29) is 0 Å². The molecule has 1 rings (SSSR count). The van der Waals surface area contributed by atoms with Crippen molar-refractivity contribution in [2.24, 2.45) is 5.73 Å². The van der Waals surface area contributed by atoms with Crippen molar-refractivity contribution < 1.29 is 15.0 Å². The quantitative estimate of drug-likeness (QED) is 0.619. The molecule has 1 aromatic carbocycles. The summed E-state index contributed by atoms with van der Waals surface area (Å²) in [6, 6.07) is 7.20. The van der Waals surface area contributed by atoms with Crippen LogP contribution in [0.4, 0.5) is 0 Å². The summed E-state index contributed by atoms with van der Waals surface area (Å²) in [6.07, 6.45) is -1.15. The van der Waals surface area contributed by atoms with Crippen LogP contribution in [0.25, 0.3) is 0 Å². The lowest BCUT2D eigenvalue weighted by atomic mass is 10.0. The normalized spacial score (nSPS) is 14.9. The minimum Gasteiger partial charge on any atom is -0.480 e. The van der Waals surface area contributed by atoms with E-state index >= 15 is 0 Å². The molecule has 4 nitrogen and oxygen atoms in total. The molecule has 1 aromatic rings. The zero-order valence-corrected chi connectivity index (χ0v) is 6.92. The van der Waals surface area contributed by atoms with Crippen LogP contribution < -0.4 is 5.73 Å². The van der Waals surface area contributed by atoms with Gasteiger partial charge in [-0.25, -0.2) is 0 Å². The standard InChI is InChI=1S/C9H11NO3/c10-7(9(12)13)8(11)6-4-2-1-3-5-6/h1-5,7-8,11H,10H2,(H,12,13)/t7-,8-/m0/s1. The van der Waals surface area contributed by atoms with Gasteiger partial charge < -0.3 is 15.9 Å². The number of carboxylic acid groups (broad SMARTS) is 1. The highest BCUT2D eigenvalue weighted by molar-refractivity contribution is 5.74.